The lowest BCUT2D eigenvalue weighted by atomic mass is 10.0. The molecule has 0 saturated carbocycles. The molecule has 0 atom stereocenters. The number of carbonyl (C=O) groups is 2. The zero-order chi connectivity index (χ0) is 24.0. The summed E-state index contributed by atoms with van der Waals surface area (Å²) in [6, 6.07) is 7.56. The van der Waals surface area contributed by atoms with E-state index in [0.717, 1.165) is 33.4 Å². The second-order valence-electron chi connectivity index (χ2n) is 8.39. The molecule has 0 fully saturated rings. The third-order valence-corrected chi connectivity index (χ3v) is 5.29. The molecule has 0 spiro atoms. The number of hydrogen-bond acceptors (Lipinski definition) is 6. The van der Waals surface area contributed by atoms with Crippen LogP contribution >= 0.6 is 0 Å². The van der Waals surface area contributed by atoms with Gasteiger partial charge < -0.3 is 20.4 Å². The number of benzene rings is 2. The molecule has 174 valence electrons. The maximum absolute atomic E-state index is 11.1. The lowest BCUT2D eigenvalue weighted by Crippen LogP contribution is -2.40. The molecule has 0 amide bonds. The topological polar surface area (TPSA) is 122 Å². The Balaban J connectivity index is 2.32. The molecule has 8 nitrogen and oxygen atoms in total. The summed E-state index contributed by atoms with van der Waals surface area (Å²) < 4.78 is 0. The summed E-state index contributed by atoms with van der Waals surface area (Å²) in [6.45, 7) is 8.03. The second kappa shape index (κ2) is 11.0. The third-order valence-electron chi connectivity index (χ3n) is 5.29. The molecule has 0 bridgehead atoms. The van der Waals surface area contributed by atoms with Gasteiger partial charge in [0, 0.05) is 37.3 Å². The number of carboxylic acids is 2. The van der Waals surface area contributed by atoms with Crippen LogP contribution in [0.5, 0.6) is 11.5 Å². The summed E-state index contributed by atoms with van der Waals surface area (Å²) >= 11 is 0. The number of carboxylic acid groups (broad SMARTS) is 2. The first kappa shape index (κ1) is 25.2. The molecule has 0 heterocycles. The van der Waals surface area contributed by atoms with Gasteiger partial charge in [0.25, 0.3) is 0 Å². The summed E-state index contributed by atoms with van der Waals surface area (Å²) in [5.41, 5.74) is 4.95. The smallest absolute Gasteiger partial charge is 0.317 e. The van der Waals surface area contributed by atoms with Crippen molar-refractivity contribution in [1.82, 2.24) is 9.80 Å². The molecule has 2 aromatic carbocycles. The van der Waals surface area contributed by atoms with Gasteiger partial charge >= 0.3 is 11.9 Å². The molecular weight excluding hydrogens is 412 g/mol. The molecule has 0 radical (unpaired) electrons. The molecule has 0 aliphatic heterocycles. The first-order valence-electron chi connectivity index (χ1n) is 10.4. The van der Waals surface area contributed by atoms with E-state index in [0.29, 0.717) is 19.6 Å². The van der Waals surface area contributed by atoms with Gasteiger partial charge in [-0.25, -0.2) is 0 Å². The minimum atomic E-state index is -1.10. The monoisotopic (exact) mass is 444 g/mol. The van der Waals surface area contributed by atoms with E-state index >= 15 is 0 Å². The zero-order valence-electron chi connectivity index (χ0n) is 19.1. The van der Waals surface area contributed by atoms with E-state index in [-0.39, 0.29) is 31.1 Å². The Morgan fingerprint density at radius 3 is 1.44 bits per heavy atom. The van der Waals surface area contributed by atoms with Crippen LogP contribution in [0.3, 0.4) is 0 Å². The van der Waals surface area contributed by atoms with Gasteiger partial charge in [0.2, 0.25) is 0 Å². The molecule has 8 heteroatoms. The Hall–Kier alpha value is -3.10. The van der Waals surface area contributed by atoms with Crippen molar-refractivity contribution in [3.8, 4) is 11.5 Å². The largest absolute Gasteiger partial charge is 0.507 e. The standard InChI is InChI=1S/C24H32N2O6/c1-15-7-17(3)23(31)19(9-15)11-25(5-6-26(13-21(27)28)14-22(29)30)12-20-10-16(2)8-18(4)24(20)32/h7-10,31-32H,5-6,11-14H2,1-4H3,(H,27,28)(H,29,30). The van der Waals surface area contributed by atoms with Crippen LogP contribution in [0.15, 0.2) is 24.3 Å². The Labute approximate surface area is 188 Å². The predicted octanol–water partition coefficient (Wildman–Crippen LogP) is 2.80. The molecular formula is C24H32N2O6. The molecule has 0 saturated heterocycles. The fourth-order valence-corrected chi connectivity index (χ4v) is 3.91. The van der Waals surface area contributed by atoms with Gasteiger partial charge in [-0.3, -0.25) is 19.4 Å². The molecule has 2 rings (SSSR count). The van der Waals surface area contributed by atoms with E-state index in [9.17, 15) is 19.8 Å². The highest BCUT2D eigenvalue weighted by atomic mass is 16.4. The van der Waals surface area contributed by atoms with Gasteiger partial charge in [-0.05, 0) is 38.8 Å². The first-order chi connectivity index (χ1) is 15.0. The number of nitrogens with zero attached hydrogens (tertiary/aromatic N) is 2. The van der Waals surface area contributed by atoms with E-state index < -0.39 is 11.9 Å². The molecule has 2 aromatic rings. The summed E-state index contributed by atoms with van der Waals surface area (Å²) in [5, 5.41) is 39.3. The molecule has 0 aromatic heterocycles. The maximum Gasteiger partial charge on any atom is 0.317 e. The fraction of sp³-hybridized carbons (Fsp3) is 0.417. The lowest BCUT2D eigenvalue weighted by molar-refractivity contribution is -0.141. The Bertz CT molecular complexity index is 913. The second-order valence-corrected chi connectivity index (χ2v) is 8.39. The quantitative estimate of drug-likeness (QED) is 0.417. The van der Waals surface area contributed by atoms with Crippen molar-refractivity contribution in [2.75, 3.05) is 26.2 Å². The van der Waals surface area contributed by atoms with E-state index in [4.69, 9.17) is 10.2 Å². The van der Waals surface area contributed by atoms with Crippen molar-refractivity contribution in [2.45, 2.75) is 40.8 Å². The normalized spacial score (nSPS) is 11.3. The van der Waals surface area contributed by atoms with Crippen LogP contribution in [0.4, 0.5) is 0 Å². The van der Waals surface area contributed by atoms with Crippen LogP contribution in [-0.4, -0.2) is 68.3 Å². The number of aryl methyl sites for hydroxylation is 4. The number of rotatable bonds is 11. The minimum Gasteiger partial charge on any atom is -0.507 e. The number of phenols is 2. The first-order valence-corrected chi connectivity index (χ1v) is 10.4. The SMILES string of the molecule is Cc1cc(C)c(O)c(CN(CCN(CC(=O)O)CC(=O)O)Cc2cc(C)cc(C)c2O)c1. The minimum absolute atomic E-state index is 0.193. The highest BCUT2D eigenvalue weighted by molar-refractivity contribution is 5.72. The molecule has 0 unspecified atom stereocenters. The van der Waals surface area contributed by atoms with Crippen LogP contribution < -0.4 is 0 Å². The molecule has 0 aliphatic carbocycles. The van der Waals surface area contributed by atoms with Crippen LogP contribution in [0.25, 0.3) is 0 Å². The molecule has 4 N–H and O–H groups in total. The van der Waals surface area contributed by atoms with Crippen molar-refractivity contribution in [1.29, 1.82) is 0 Å². The summed E-state index contributed by atoms with van der Waals surface area (Å²) in [4.78, 5) is 25.6. The molecule has 0 aliphatic rings. The highest BCUT2D eigenvalue weighted by Gasteiger charge is 2.18. The van der Waals surface area contributed by atoms with E-state index in [1.807, 2.05) is 56.9 Å². The van der Waals surface area contributed by atoms with Crippen molar-refractivity contribution >= 4 is 11.9 Å². The fourth-order valence-electron chi connectivity index (χ4n) is 3.91. The van der Waals surface area contributed by atoms with Crippen molar-refractivity contribution in [3.05, 3.63) is 57.6 Å². The van der Waals surface area contributed by atoms with E-state index in [1.165, 1.54) is 4.90 Å². The maximum atomic E-state index is 11.1. The van der Waals surface area contributed by atoms with Gasteiger partial charge in [-0.1, -0.05) is 35.4 Å². The van der Waals surface area contributed by atoms with Crippen molar-refractivity contribution in [3.63, 3.8) is 0 Å². The number of hydrogen-bond donors (Lipinski definition) is 4. The summed E-state index contributed by atoms with van der Waals surface area (Å²) in [5.74, 6) is -1.82. The van der Waals surface area contributed by atoms with E-state index in [1.54, 1.807) is 0 Å². The summed E-state index contributed by atoms with van der Waals surface area (Å²) in [6.07, 6.45) is 0. The Kier molecular flexibility index (Phi) is 8.63. The van der Waals surface area contributed by atoms with Gasteiger partial charge in [0.05, 0.1) is 13.1 Å². The van der Waals surface area contributed by atoms with Crippen molar-refractivity contribution in [2.24, 2.45) is 0 Å². The van der Waals surface area contributed by atoms with Crippen LogP contribution in [-0.2, 0) is 22.7 Å². The number of phenolic OH excluding ortho intramolecular Hbond substituents is 2. The number of aromatic hydroxyl groups is 2. The van der Waals surface area contributed by atoms with Gasteiger partial charge in [-0.2, -0.15) is 0 Å². The lowest BCUT2D eigenvalue weighted by Gasteiger charge is -2.27. The van der Waals surface area contributed by atoms with Gasteiger partial charge in [-0.15, -0.1) is 0 Å². The number of aliphatic carboxylic acids is 2. The Morgan fingerprint density at radius 1 is 0.688 bits per heavy atom. The average molecular weight is 445 g/mol. The summed E-state index contributed by atoms with van der Waals surface area (Å²) in [7, 11) is 0. The van der Waals surface area contributed by atoms with Gasteiger partial charge in [0.1, 0.15) is 11.5 Å². The third kappa shape index (κ3) is 7.25. The van der Waals surface area contributed by atoms with Crippen LogP contribution in [0, 0.1) is 27.7 Å². The Morgan fingerprint density at radius 2 is 1.06 bits per heavy atom. The highest BCUT2D eigenvalue weighted by Crippen LogP contribution is 2.28. The van der Waals surface area contributed by atoms with Gasteiger partial charge in [0.15, 0.2) is 0 Å². The zero-order valence-corrected chi connectivity index (χ0v) is 19.1. The van der Waals surface area contributed by atoms with Crippen LogP contribution in [0.1, 0.15) is 33.4 Å². The average Bonchev–Trinajstić information content (AvgIpc) is 2.66. The van der Waals surface area contributed by atoms with Crippen molar-refractivity contribution < 1.29 is 30.0 Å². The van der Waals surface area contributed by atoms with E-state index in [2.05, 4.69) is 0 Å². The predicted molar refractivity (Wildman–Crippen MR) is 121 cm³/mol. The van der Waals surface area contributed by atoms with Crippen LogP contribution in [0.2, 0.25) is 0 Å². The molecule has 32 heavy (non-hydrogen) atoms.